The van der Waals surface area contributed by atoms with Gasteiger partial charge in [0, 0.05) is 12.8 Å². The normalized spacial score (nSPS) is 10.6. The number of halogens is 1. The lowest BCUT2D eigenvalue weighted by Gasteiger charge is -2.06. The highest BCUT2D eigenvalue weighted by Crippen LogP contribution is 2.27. The number of anilines is 1. The van der Waals surface area contributed by atoms with E-state index in [1.54, 1.807) is 12.1 Å². The van der Waals surface area contributed by atoms with Crippen LogP contribution in [0.1, 0.15) is 25.7 Å². The molecule has 3 aromatic rings. The first-order chi connectivity index (χ1) is 13.2. The lowest BCUT2D eigenvalue weighted by molar-refractivity contribution is -0.116. The summed E-state index contributed by atoms with van der Waals surface area (Å²) in [6, 6.07) is 14.7. The van der Waals surface area contributed by atoms with E-state index in [0.29, 0.717) is 54.0 Å². The largest absolute Gasteiger partial charge is 0.493 e. The first kappa shape index (κ1) is 18.9. The summed E-state index contributed by atoms with van der Waals surface area (Å²) in [5.41, 5.74) is 1.39. The number of aryl methyl sites for hydroxylation is 1. The van der Waals surface area contributed by atoms with Crippen molar-refractivity contribution in [3.63, 3.8) is 0 Å². The van der Waals surface area contributed by atoms with E-state index in [4.69, 9.17) is 20.9 Å². The highest BCUT2D eigenvalue weighted by molar-refractivity contribution is 6.33. The molecule has 140 valence electrons. The molecule has 3 rings (SSSR count). The Kier molecular flexibility index (Phi) is 6.44. The van der Waals surface area contributed by atoms with Gasteiger partial charge in [0.15, 0.2) is 0 Å². The fraction of sp³-hybridized carbons (Fsp3) is 0.250. The second-order valence-electron chi connectivity index (χ2n) is 5.82. The Hall–Kier alpha value is -2.86. The van der Waals surface area contributed by atoms with Gasteiger partial charge in [-0.2, -0.15) is 4.98 Å². The number of hydrogen-bond acceptors (Lipinski definition) is 5. The van der Waals surface area contributed by atoms with E-state index >= 15 is 0 Å². The van der Waals surface area contributed by atoms with Crippen LogP contribution in [0.4, 0.5) is 5.69 Å². The van der Waals surface area contributed by atoms with Gasteiger partial charge in [0.2, 0.25) is 17.6 Å². The molecule has 1 aromatic heterocycles. The number of hydrogen-bond donors (Lipinski definition) is 1. The van der Waals surface area contributed by atoms with E-state index in [0.717, 1.165) is 5.56 Å². The van der Waals surface area contributed by atoms with Crippen molar-refractivity contribution in [3.8, 4) is 17.1 Å². The van der Waals surface area contributed by atoms with Crippen LogP contribution in [0.15, 0.2) is 53.1 Å². The van der Waals surface area contributed by atoms with E-state index in [2.05, 4.69) is 15.5 Å². The van der Waals surface area contributed by atoms with Crippen LogP contribution in [0.3, 0.4) is 0 Å². The van der Waals surface area contributed by atoms with Gasteiger partial charge in [-0.3, -0.25) is 4.79 Å². The Balaban J connectivity index is 1.54. The summed E-state index contributed by atoms with van der Waals surface area (Å²) in [6.07, 6.45) is 1.43. The molecule has 0 saturated carbocycles. The summed E-state index contributed by atoms with van der Waals surface area (Å²) < 4.78 is 10.9. The van der Waals surface area contributed by atoms with Gasteiger partial charge in [-0.25, -0.2) is 0 Å². The van der Waals surface area contributed by atoms with Gasteiger partial charge in [0.25, 0.3) is 0 Å². The van der Waals surface area contributed by atoms with Crippen molar-refractivity contribution < 1.29 is 14.1 Å². The quantitative estimate of drug-likeness (QED) is 0.605. The molecule has 0 spiro atoms. The first-order valence-corrected chi connectivity index (χ1v) is 9.14. The number of ether oxygens (including phenoxy) is 1. The molecule has 2 aromatic carbocycles. The smallest absolute Gasteiger partial charge is 0.226 e. The van der Waals surface area contributed by atoms with Crippen LogP contribution in [-0.4, -0.2) is 22.7 Å². The van der Waals surface area contributed by atoms with Crippen molar-refractivity contribution in [2.45, 2.75) is 26.2 Å². The van der Waals surface area contributed by atoms with Crippen LogP contribution in [0.25, 0.3) is 11.4 Å². The lowest BCUT2D eigenvalue weighted by atomic mass is 10.2. The Labute approximate surface area is 162 Å². The highest BCUT2D eigenvalue weighted by atomic mass is 35.5. The van der Waals surface area contributed by atoms with Gasteiger partial charge in [0.05, 0.1) is 22.9 Å². The van der Waals surface area contributed by atoms with Crippen molar-refractivity contribution in [3.05, 3.63) is 59.4 Å². The predicted octanol–water partition coefficient (Wildman–Crippen LogP) is 4.75. The Bertz CT molecular complexity index is 911. The summed E-state index contributed by atoms with van der Waals surface area (Å²) in [5.74, 6) is 1.58. The minimum absolute atomic E-state index is 0.107. The maximum Gasteiger partial charge on any atom is 0.226 e. The number of amides is 1. The molecular formula is C20H20ClN3O3. The molecule has 0 saturated heterocycles. The summed E-state index contributed by atoms with van der Waals surface area (Å²) in [4.78, 5) is 16.5. The third-order valence-electron chi connectivity index (χ3n) is 3.84. The Morgan fingerprint density at radius 1 is 1.19 bits per heavy atom. The van der Waals surface area contributed by atoms with Crippen molar-refractivity contribution >= 4 is 23.2 Å². The molecule has 0 aliphatic carbocycles. The zero-order valence-electron chi connectivity index (χ0n) is 14.9. The Morgan fingerprint density at radius 2 is 1.96 bits per heavy atom. The molecular weight excluding hydrogens is 366 g/mol. The minimum atomic E-state index is -0.107. The van der Waals surface area contributed by atoms with E-state index in [1.807, 2.05) is 43.3 Å². The molecule has 0 radical (unpaired) electrons. The number of nitrogens with one attached hydrogen (secondary N) is 1. The zero-order valence-corrected chi connectivity index (χ0v) is 15.7. The topological polar surface area (TPSA) is 77.2 Å². The standard InChI is InChI=1S/C20H20ClN3O3/c1-2-26-17-11-6-3-8-14(17)20-23-19(27-24-20)13-7-12-18(25)22-16-10-5-4-9-15(16)21/h3-6,8-11H,2,7,12-13H2,1H3,(H,22,25). The minimum Gasteiger partial charge on any atom is -0.493 e. The predicted molar refractivity (Wildman–Crippen MR) is 104 cm³/mol. The number of para-hydroxylation sites is 2. The molecule has 6 nitrogen and oxygen atoms in total. The number of aromatic nitrogens is 2. The summed E-state index contributed by atoms with van der Waals surface area (Å²) >= 11 is 6.04. The van der Waals surface area contributed by atoms with Gasteiger partial charge >= 0.3 is 0 Å². The van der Waals surface area contributed by atoms with Crippen molar-refractivity contribution in [1.82, 2.24) is 10.1 Å². The number of benzene rings is 2. The molecule has 0 aliphatic rings. The third kappa shape index (κ3) is 5.08. The molecule has 0 aliphatic heterocycles. The van der Waals surface area contributed by atoms with Crippen molar-refractivity contribution in [1.29, 1.82) is 0 Å². The number of carbonyl (C=O) groups excluding carboxylic acids is 1. The SMILES string of the molecule is CCOc1ccccc1-c1noc(CCCC(=O)Nc2ccccc2Cl)n1. The van der Waals surface area contributed by atoms with E-state index in [-0.39, 0.29) is 5.91 Å². The molecule has 1 N–H and O–H groups in total. The molecule has 0 bridgehead atoms. The van der Waals surface area contributed by atoms with Crippen LogP contribution in [0.2, 0.25) is 5.02 Å². The van der Waals surface area contributed by atoms with Gasteiger partial charge in [-0.05, 0) is 37.6 Å². The van der Waals surface area contributed by atoms with Crippen molar-refractivity contribution in [2.75, 3.05) is 11.9 Å². The second kappa shape index (κ2) is 9.19. The third-order valence-corrected chi connectivity index (χ3v) is 4.17. The van der Waals surface area contributed by atoms with Crippen LogP contribution in [-0.2, 0) is 11.2 Å². The first-order valence-electron chi connectivity index (χ1n) is 8.76. The number of carbonyl (C=O) groups is 1. The van der Waals surface area contributed by atoms with E-state index in [9.17, 15) is 4.79 Å². The van der Waals surface area contributed by atoms with Crippen molar-refractivity contribution in [2.24, 2.45) is 0 Å². The molecule has 0 atom stereocenters. The molecule has 27 heavy (non-hydrogen) atoms. The zero-order chi connectivity index (χ0) is 19.1. The fourth-order valence-electron chi connectivity index (χ4n) is 2.57. The molecule has 0 unspecified atom stereocenters. The van der Waals surface area contributed by atoms with E-state index in [1.165, 1.54) is 0 Å². The molecule has 7 heteroatoms. The highest BCUT2D eigenvalue weighted by Gasteiger charge is 2.13. The maximum atomic E-state index is 12.0. The van der Waals surface area contributed by atoms with Crippen LogP contribution < -0.4 is 10.1 Å². The van der Waals surface area contributed by atoms with Crippen LogP contribution in [0, 0.1) is 0 Å². The average Bonchev–Trinajstić information content (AvgIpc) is 3.13. The lowest BCUT2D eigenvalue weighted by Crippen LogP contribution is -2.11. The van der Waals surface area contributed by atoms with Gasteiger partial charge in [0.1, 0.15) is 5.75 Å². The Morgan fingerprint density at radius 3 is 2.78 bits per heavy atom. The maximum absolute atomic E-state index is 12.0. The fourth-order valence-corrected chi connectivity index (χ4v) is 2.76. The van der Waals surface area contributed by atoms with E-state index < -0.39 is 0 Å². The van der Waals surface area contributed by atoms with Gasteiger partial charge in [-0.15, -0.1) is 0 Å². The summed E-state index contributed by atoms with van der Waals surface area (Å²) in [7, 11) is 0. The average molecular weight is 386 g/mol. The van der Waals surface area contributed by atoms with Gasteiger partial charge < -0.3 is 14.6 Å². The van der Waals surface area contributed by atoms with Crippen LogP contribution in [0.5, 0.6) is 5.75 Å². The molecule has 1 amide bonds. The summed E-state index contributed by atoms with van der Waals surface area (Å²) in [6.45, 7) is 2.48. The molecule has 1 heterocycles. The second-order valence-corrected chi connectivity index (χ2v) is 6.23. The number of rotatable bonds is 8. The number of nitrogens with zero attached hydrogens (tertiary/aromatic N) is 2. The summed E-state index contributed by atoms with van der Waals surface area (Å²) in [5, 5.41) is 7.33. The van der Waals surface area contributed by atoms with Crippen LogP contribution >= 0.6 is 11.6 Å². The molecule has 0 fully saturated rings. The monoisotopic (exact) mass is 385 g/mol. The van der Waals surface area contributed by atoms with Gasteiger partial charge in [-0.1, -0.05) is 41.0 Å².